The second-order valence-electron chi connectivity index (χ2n) is 5.92. The molecule has 0 N–H and O–H groups in total. The summed E-state index contributed by atoms with van der Waals surface area (Å²) < 4.78 is 0. The minimum absolute atomic E-state index is 1.24. The summed E-state index contributed by atoms with van der Waals surface area (Å²) in [6.45, 7) is 6.23. The molecule has 1 aliphatic rings. The second kappa shape index (κ2) is 3.53. The van der Waals surface area contributed by atoms with Crippen molar-refractivity contribution in [1.82, 2.24) is 0 Å². The van der Waals surface area contributed by atoms with E-state index in [4.69, 9.17) is 0 Å². The maximum absolute atomic E-state index is 4.02. The monoisotopic (exact) mass is 266 g/mol. The Bertz CT molecular complexity index is 1090. The van der Waals surface area contributed by atoms with Gasteiger partial charge in [0.05, 0.1) is 0 Å². The number of hydrogen-bond donors (Lipinski definition) is 0. The van der Waals surface area contributed by atoms with Gasteiger partial charge < -0.3 is 0 Å². The Hall–Kier alpha value is -2.60. The largest absolute Gasteiger partial charge is 0.0984 e. The number of aryl methyl sites for hydroxylation is 1. The van der Waals surface area contributed by atoms with Gasteiger partial charge in [-0.25, -0.2) is 0 Å². The average Bonchev–Trinajstić information content (AvgIpc) is 2.89. The molecule has 1 aliphatic carbocycles. The van der Waals surface area contributed by atoms with Crippen LogP contribution in [0, 0.1) is 6.92 Å². The summed E-state index contributed by atoms with van der Waals surface area (Å²) >= 11 is 0. The van der Waals surface area contributed by atoms with Gasteiger partial charge in [0.2, 0.25) is 0 Å². The Kier molecular flexibility index (Phi) is 1.87. The van der Waals surface area contributed by atoms with Crippen molar-refractivity contribution in [3.63, 3.8) is 0 Å². The molecule has 0 atom stereocenters. The quantitative estimate of drug-likeness (QED) is 0.323. The van der Waals surface area contributed by atoms with E-state index in [-0.39, 0.29) is 0 Å². The zero-order valence-corrected chi connectivity index (χ0v) is 11.9. The van der Waals surface area contributed by atoms with E-state index in [2.05, 4.69) is 62.0 Å². The summed E-state index contributed by atoms with van der Waals surface area (Å²) in [5.74, 6) is 0. The molecule has 98 valence electrons. The Balaban J connectivity index is 2.26. The number of fused-ring (bicyclic) bond motifs is 1. The molecule has 0 unspecified atom stereocenters. The normalized spacial score (nSPS) is 12.2. The van der Waals surface area contributed by atoms with Gasteiger partial charge in [-0.05, 0) is 61.5 Å². The Morgan fingerprint density at radius 3 is 1.86 bits per heavy atom. The van der Waals surface area contributed by atoms with E-state index in [1.54, 1.807) is 0 Å². The standard InChI is InChI=1S/C21H14/c1-3-13-6-7-15-10-11-16-9-8-14-5-4-12(2)17-18(13)20(15)21(16)19(14)17/h3-11H,1H2,2H3. The van der Waals surface area contributed by atoms with Gasteiger partial charge in [-0.2, -0.15) is 0 Å². The fraction of sp³-hybridized carbons (Fsp3) is 0.0476. The second-order valence-corrected chi connectivity index (χ2v) is 5.92. The Morgan fingerprint density at radius 2 is 1.19 bits per heavy atom. The predicted molar refractivity (Wildman–Crippen MR) is 92.8 cm³/mol. The smallest absolute Gasteiger partial charge is 0.00140 e. The topological polar surface area (TPSA) is 0 Å². The van der Waals surface area contributed by atoms with Crippen LogP contribution in [-0.2, 0) is 0 Å². The molecule has 0 nitrogen and oxygen atoms in total. The summed E-state index contributed by atoms with van der Waals surface area (Å²) in [4.78, 5) is 0. The van der Waals surface area contributed by atoms with Crippen LogP contribution in [-0.4, -0.2) is 0 Å². The van der Waals surface area contributed by atoms with Gasteiger partial charge in [-0.1, -0.05) is 61.2 Å². The van der Waals surface area contributed by atoms with Crippen LogP contribution < -0.4 is 0 Å². The molecule has 0 bridgehead atoms. The number of hydrogen-bond acceptors (Lipinski definition) is 0. The van der Waals surface area contributed by atoms with E-state index >= 15 is 0 Å². The van der Waals surface area contributed by atoms with Crippen molar-refractivity contribution in [2.75, 3.05) is 0 Å². The van der Waals surface area contributed by atoms with E-state index in [1.807, 2.05) is 6.08 Å². The third-order valence-electron chi connectivity index (χ3n) is 4.86. The first-order valence-corrected chi connectivity index (χ1v) is 7.34. The summed E-state index contributed by atoms with van der Waals surface area (Å²) in [5.41, 5.74) is 5.36. The Labute approximate surface area is 123 Å². The van der Waals surface area contributed by atoms with Crippen molar-refractivity contribution in [3.8, 4) is 11.1 Å². The molecule has 0 fully saturated rings. The van der Waals surface area contributed by atoms with Crippen molar-refractivity contribution >= 4 is 38.4 Å². The molecule has 21 heavy (non-hydrogen) atoms. The SMILES string of the molecule is C=Cc1ccc2ccc3ccc4ccc(C)c5c4c3c2c1-5. The van der Waals surface area contributed by atoms with Gasteiger partial charge in [-0.15, -0.1) is 0 Å². The fourth-order valence-corrected chi connectivity index (χ4v) is 3.93. The van der Waals surface area contributed by atoms with Gasteiger partial charge in [0.15, 0.2) is 0 Å². The van der Waals surface area contributed by atoms with Gasteiger partial charge in [-0.3, -0.25) is 0 Å². The van der Waals surface area contributed by atoms with E-state index in [0.717, 1.165) is 0 Å². The third kappa shape index (κ3) is 1.17. The lowest BCUT2D eigenvalue weighted by Crippen LogP contribution is -1.85. The Morgan fingerprint density at radius 1 is 0.667 bits per heavy atom. The molecule has 0 saturated carbocycles. The lowest BCUT2D eigenvalue weighted by atomic mass is 9.94. The summed E-state index contributed by atoms with van der Waals surface area (Å²) in [6.07, 6.45) is 1.98. The molecule has 4 aromatic rings. The maximum Gasteiger partial charge on any atom is -0.00140 e. The lowest BCUT2D eigenvalue weighted by molar-refractivity contribution is 1.51. The zero-order valence-electron chi connectivity index (χ0n) is 11.9. The highest BCUT2D eigenvalue weighted by molar-refractivity contribution is 6.34. The first kappa shape index (κ1) is 11.1. The van der Waals surface area contributed by atoms with Gasteiger partial charge in [0.25, 0.3) is 0 Å². The van der Waals surface area contributed by atoms with Crippen molar-refractivity contribution < 1.29 is 0 Å². The molecule has 0 heterocycles. The van der Waals surface area contributed by atoms with Gasteiger partial charge in [0, 0.05) is 0 Å². The van der Waals surface area contributed by atoms with Crippen molar-refractivity contribution in [1.29, 1.82) is 0 Å². The summed E-state index contributed by atoms with van der Waals surface area (Å²) in [6, 6.07) is 17.9. The lowest BCUT2D eigenvalue weighted by Gasteiger charge is -2.09. The molecule has 4 aromatic carbocycles. The van der Waals surface area contributed by atoms with Crippen LogP contribution >= 0.6 is 0 Å². The molecule has 0 saturated heterocycles. The molecule has 0 radical (unpaired) electrons. The van der Waals surface area contributed by atoms with E-state index in [1.165, 1.54) is 54.6 Å². The van der Waals surface area contributed by atoms with Crippen LogP contribution in [0.1, 0.15) is 11.1 Å². The van der Waals surface area contributed by atoms with Crippen molar-refractivity contribution in [2.24, 2.45) is 0 Å². The summed E-state index contributed by atoms with van der Waals surface area (Å²) in [7, 11) is 0. The van der Waals surface area contributed by atoms with Crippen molar-refractivity contribution in [2.45, 2.75) is 6.92 Å². The maximum atomic E-state index is 4.02. The molecule has 0 spiro atoms. The first-order chi connectivity index (χ1) is 10.3. The molecule has 0 aromatic heterocycles. The minimum atomic E-state index is 1.24. The van der Waals surface area contributed by atoms with Gasteiger partial charge in [0.1, 0.15) is 0 Å². The molecule has 0 aliphatic heterocycles. The molecule has 0 amide bonds. The summed E-state index contributed by atoms with van der Waals surface area (Å²) in [5, 5.41) is 8.24. The zero-order chi connectivity index (χ0) is 14.1. The van der Waals surface area contributed by atoms with Crippen LogP contribution in [0.5, 0.6) is 0 Å². The van der Waals surface area contributed by atoms with Crippen molar-refractivity contribution in [3.05, 3.63) is 66.2 Å². The highest BCUT2D eigenvalue weighted by atomic mass is 14.3. The predicted octanol–water partition coefficient (Wildman–Crippen LogP) is 6.08. The van der Waals surface area contributed by atoms with Crippen LogP contribution in [0.4, 0.5) is 0 Å². The van der Waals surface area contributed by atoms with E-state index in [0.29, 0.717) is 0 Å². The highest BCUT2D eigenvalue weighted by Crippen LogP contribution is 2.50. The minimum Gasteiger partial charge on any atom is -0.0984 e. The molecular weight excluding hydrogens is 252 g/mol. The average molecular weight is 266 g/mol. The van der Waals surface area contributed by atoms with Crippen LogP contribution in [0.15, 0.2) is 55.1 Å². The number of rotatable bonds is 1. The fourth-order valence-electron chi connectivity index (χ4n) is 3.93. The first-order valence-electron chi connectivity index (χ1n) is 7.34. The number of benzene rings is 4. The van der Waals surface area contributed by atoms with E-state index < -0.39 is 0 Å². The molecule has 5 rings (SSSR count). The third-order valence-corrected chi connectivity index (χ3v) is 4.86. The van der Waals surface area contributed by atoms with Crippen LogP contribution in [0.3, 0.4) is 0 Å². The molecular formula is C21H14. The van der Waals surface area contributed by atoms with Gasteiger partial charge >= 0.3 is 0 Å². The van der Waals surface area contributed by atoms with Crippen LogP contribution in [0.2, 0.25) is 0 Å². The highest BCUT2D eigenvalue weighted by Gasteiger charge is 2.23. The van der Waals surface area contributed by atoms with Crippen LogP contribution in [0.25, 0.3) is 49.5 Å². The van der Waals surface area contributed by atoms with E-state index in [9.17, 15) is 0 Å². The molecule has 0 heteroatoms.